The Morgan fingerprint density at radius 2 is 1.95 bits per heavy atom. The van der Waals surface area contributed by atoms with Gasteiger partial charge in [0.25, 0.3) is 0 Å². The van der Waals surface area contributed by atoms with Crippen LogP contribution < -0.4 is 5.32 Å². The molecular formula is C16H18ClNO. The molecule has 0 spiro atoms. The number of alkyl halides is 1. The molecule has 0 saturated carbocycles. The van der Waals surface area contributed by atoms with Crippen LogP contribution >= 0.6 is 11.6 Å². The molecule has 0 fully saturated rings. The lowest BCUT2D eigenvalue weighted by atomic mass is 10.0. The molecule has 0 heterocycles. The summed E-state index contributed by atoms with van der Waals surface area (Å²) >= 11 is 5.98. The fraction of sp³-hybridized carbons (Fsp3) is 0.312. The standard InChI is InChI=1S/C16H18ClNO/c1-2-15(17)11-18-16(19)10-12-7-8-13-5-3-4-6-14(13)9-12/h3-9,15H,2,10-11H2,1H3,(H,18,19). The van der Waals surface area contributed by atoms with Crippen molar-refractivity contribution in [2.24, 2.45) is 0 Å². The molecule has 1 amide bonds. The van der Waals surface area contributed by atoms with Gasteiger partial charge in [-0.3, -0.25) is 4.79 Å². The average Bonchev–Trinajstić information content (AvgIpc) is 2.44. The lowest BCUT2D eigenvalue weighted by Crippen LogP contribution is -2.30. The van der Waals surface area contributed by atoms with Crippen LogP contribution in [0.2, 0.25) is 0 Å². The third-order valence-electron chi connectivity index (χ3n) is 3.14. The summed E-state index contributed by atoms with van der Waals surface area (Å²) < 4.78 is 0. The zero-order valence-electron chi connectivity index (χ0n) is 11.0. The van der Waals surface area contributed by atoms with E-state index in [0.717, 1.165) is 17.4 Å². The highest BCUT2D eigenvalue weighted by Crippen LogP contribution is 2.15. The second-order valence-electron chi connectivity index (χ2n) is 4.67. The fourth-order valence-corrected chi connectivity index (χ4v) is 2.04. The van der Waals surface area contributed by atoms with E-state index in [2.05, 4.69) is 23.5 Å². The number of hydrogen-bond acceptors (Lipinski definition) is 1. The van der Waals surface area contributed by atoms with E-state index in [0.29, 0.717) is 13.0 Å². The number of fused-ring (bicyclic) bond motifs is 1. The topological polar surface area (TPSA) is 29.1 Å². The Balaban J connectivity index is 1.99. The minimum Gasteiger partial charge on any atom is -0.354 e. The van der Waals surface area contributed by atoms with Crippen LogP contribution in [0.1, 0.15) is 18.9 Å². The van der Waals surface area contributed by atoms with E-state index in [9.17, 15) is 4.79 Å². The Kier molecular flexibility index (Phi) is 4.80. The summed E-state index contributed by atoms with van der Waals surface area (Å²) in [7, 11) is 0. The Labute approximate surface area is 118 Å². The molecule has 1 unspecified atom stereocenters. The highest BCUT2D eigenvalue weighted by molar-refractivity contribution is 6.20. The molecule has 2 rings (SSSR count). The second-order valence-corrected chi connectivity index (χ2v) is 5.29. The van der Waals surface area contributed by atoms with Crippen LogP contribution in [0.3, 0.4) is 0 Å². The third kappa shape index (κ3) is 3.97. The first-order chi connectivity index (χ1) is 9.19. The molecule has 3 heteroatoms. The number of benzene rings is 2. The highest BCUT2D eigenvalue weighted by Gasteiger charge is 2.06. The van der Waals surface area contributed by atoms with Crippen molar-refractivity contribution in [3.8, 4) is 0 Å². The van der Waals surface area contributed by atoms with Crippen molar-refractivity contribution in [1.29, 1.82) is 0 Å². The predicted octanol–water partition coefficient (Wildman–Crippen LogP) is 3.52. The average molecular weight is 276 g/mol. The van der Waals surface area contributed by atoms with E-state index in [1.165, 1.54) is 5.39 Å². The van der Waals surface area contributed by atoms with Gasteiger partial charge in [-0.05, 0) is 22.8 Å². The van der Waals surface area contributed by atoms with Gasteiger partial charge in [-0.2, -0.15) is 0 Å². The number of carbonyl (C=O) groups is 1. The van der Waals surface area contributed by atoms with Crippen LogP contribution in [0, 0.1) is 0 Å². The summed E-state index contributed by atoms with van der Waals surface area (Å²) in [6, 6.07) is 14.3. The van der Waals surface area contributed by atoms with Crippen LogP contribution in [0.25, 0.3) is 10.8 Å². The normalized spacial score (nSPS) is 12.3. The van der Waals surface area contributed by atoms with Gasteiger partial charge in [0.1, 0.15) is 0 Å². The van der Waals surface area contributed by atoms with Crippen LogP contribution in [-0.2, 0) is 11.2 Å². The molecular weight excluding hydrogens is 258 g/mol. The van der Waals surface area contributed by atoms with Gasteiger partial charge < -0.3 is 5.32 Å². The van der Waals surface area contributed by atoms with Gasteiger partial charge >= 0.3 is 0 Å². The maximum atomic E-state index is 11.8. The van der Waals surface area contributed by atoms with E-state index >= 15 is 0 Å². The van der Waals surface area contributed by atoms with Crippen LogP contribution in [0.15, 0.2) is 42.5 Å². The Morgan fingerprint density at radius 3 is 2.68 bits per heavy atom. The minimum atomic E-state index is 0.0144. The molecule has 2 nitrogen and oxygen atoms in total. The predicted molar refractivity (Wildman–Crippen MR) is 80.6 cm³/mol. The Morgan fingerprint density at radius 1 is 1.21 bits per heavy atom. The van der Waals surface area contributed by atoms with Gasteiger partial charge in [0.15, 0.2) is 0 Å². The van der Waals surface area contributed by atoms with E-state index < -0.39 is 0 Å². The van der Waals surface area contributed by atoms with Crippen molar-refractivity contribution >= 4 is 28.3 Å². The maximum Gasteiger partial charge on any atom is 0.224 e. The van der Waals surface area contributed by atoms with Crippen molar-refractivity contribution in [3.63, 3.8) is 0 Å². The summed E-state index contributed by atoms with van der Waals surface area (Å²) in [5.74, 6) is 0.0226. The number of amides is 1. The molecule has 0 aliphatic heterocycles. The molecule has 0 radical (unpaired) electrons. The molecule has 2 aromatic carbocycles. The zero-order chi connectivity index (χ0) is 13.7. The third-order valence-corrected chi connectivity index (χ3v) is 3.61. The van der Waals surface area contributed by atoms with Crippen molar-refractivity contribution in [2.45, 2.75) is 25.1 Å². The zero-order valence-corrected chi connectivity index (χ0v) is 11.8. The lowest BCUT2D eigenvalue weighted by Gasteiger charge is -2.09. The molecule has 2 aromatic rings. The molecule has 0 saturated heterocycles. The van der Waals surface area contributed by atoms with Gasteiger partial charge in [-0.1, -0.05) is 49.4 Å². The summed E-state index contributed by atoms with van der Waals surface area (Å²) in [6.07, 6.45) is 1.26. The first-order valence-electron chi connectivity index (χ1n) is 6.57. The van der Waals surface area contributed by atoms with Crippen LogP contribution in [-0.4, -0.2) is 17.8 Å². The Hall–Kier alpha value is -1.54. The van der Waals surface area contributed by atoms with Gasteiger partial charge in [-0.15, -0.1) is 11.6 Å². The second kappa shape index (κ2) is 6.58. The van der Waals surface area contributed by atoms with Gasteiger partial charge in [0, 0.05) is 6.54 Å². The van der Waals surface area contributed by atoms with E-state index in [4.69, 9.17) is 11.6 Å². The summed E-state index contributed by atoms with van der Waals surface area (Å²) in [6.45, 7) is 2.54. The van der Waals surface area contributed by atoms with E-state index in [-0.39, 0.29) is 11.3 Å². The lowest BCUT2D eigenvalue weighted by molar-refractivity contribution is -0.120. The number of halogens is 1. The highest BCUT2D eigenvalue weighted by atomic mass is 35.5. The number of hydrogen-bond donors (Lipinski definition) is 1. The molecule has 100 valence electrons. The SMILES string of the molecule is CCC(Cl)CNC(=O)Cc1ccc2ccccc2c1. The number of rotatable bonds is 5. The summed E-state index contributed by atoms with van der Waals surface area (Å²) in [4.78, 5) is 11.8. The Bertz CT molecular complexity index is 567. The van der Waals surface area contributed by atoms with Crippen molar-refractivity contribution < 1.29 is 4.79 Å². The molecule has 19 heavy (non-hydrogen) atoms. The summed E-state index contributed by atoms with van der Waals surface area (Å²) in [5.41, 5.74) is 1.03. The van der Waals surface area contributed by atoms with E-state index in [1.807, 2.05) is 31.2 Å². The monoisotopic (exact) mass is 275 g/mol. The van der Waals surface area contributed by atoms with Gasteiger partial charge in [0.2, 0.25) is 5.91 Å². The van der Waals surface area contributed by atoms with Crippen molar-refractivity contribution in [1.82, 2.24) is 5.32 Å². The fourth-order valence-electron chi connectivity index (χ4n) is 1.97. The quantitative estimate of drug-likeness (QED) is 0.831. The number of carbonyl (C=O) groups excluding carboxylic acids is 1. The molecule has 1 N–H and O–H groups in total. The van der Waals surface area contributed by atoms with Crippen molar-refractivity contribution in [2.75, 3.05) is 6.54 Å². The first kappa shape index (κ1) is 13.9. The molecule has 0 aliphatic carbocycles. The molecule has 0 aliphatic rings. The molecule has 0 aromatic heterocycles. The smallest absolute Gasteiger partial charge is 0.224 e. The van der Waals surface area contributed by atoms with Crippen LogP contribution in [0.4, 0.5) is 0 Å². The maximum absolute atomic E-state index is 11.8. The largest absolute Gasteiger partial charge is 0.354 e. The van der Waals surface area contributed by atoms with Crippen LogP contribution in [0.5, 0.6) is 0 Å². The van der Waals surface area contributed by atoms with Gasteiger partial charge in [-0.25, -0.2) is 0 Å². The molecule has 0 bridgehead atoms. The summed E-state index contributed by atoms with van der Waals surface area (Å²) in [5, 5.41) is 5.23. The minimum absolute atomic E-state index is 0.0144. The molecule has 1 atom stereocenters. The van der Waals surface area contributed by atoms with Crippen molar-refractivity contribution in [3.05, 3.63) is 48.0 Å². The van der Waals surface area contributed by atoms with Gasteiger partial charge in [0.05, 0.1) is 11.8 Å². The van der Waals surface area contributed by atoms with E-state index in [1.54, 1.807) is 0 Å². The number of nitrogens with one attached hydrogen (secondary N) is 1. The first-order valence-corrected chi connectivity index (χ1v) is 7.01.